The van der Waals surface area contributed by atoms with Gasteiger partial charge in [-0.15, -0.1) is 5.10 Å². The number of anilines is 1. The normalized spacial score (nSPS) is 23.9. The summed E-state index contributed by atoms with van der Waals surface area (Å²) < 4.78 is 7.96. The maximum absolute atomic E-state index is 5.71. The van der Waals surface area contributed by atoms with E-state index in [-0.39, 0.29) is 12.1 Å². The van der Waals surface area contributed by atoms with Gasteiger partial charge in [0.05, 0.1) is 12.1 Å². The molecule has 0 radical (unpaired) electrons. The molecule has 6 heteroatoms. The Hall–Kier alpha value is -0.880. The number of hydrogen-bond donors (Lipinski definition) is 2. The Labute approximate surface area is 87.3 Å². The zero-order valence-electron chi connectivity index (χ0n) is 8.06. The van der Waals surface area contributed by atoms with E-state index in [4.69, 9.17) is 22.7 Å². The average Bonchev–Trinajstić information content (AvgIpc) is 2.75. The maximum Gasteiger partial charge on any atom is 0.220 e. The monoisotopic (exact) mass is 214 g/mol. The summed E-state index contributed by atoms with van der Waals surface area (Å²) in [5.41, 5.74) is 5.71. The van der Waals surface area contributed by atoms with E-state index in [0.717, 1.165) is 19.4 Å². The standard InChI is InChI=1S/C8H14N4OS/c1-5(6-3-2-4-13-6)12-7(9)10-11-8(12)14/h5-6H,2-4H2,1H3,(H2,9,10)(H,11,14). The highest BCUT2D eigenvalue weighted by atomic mass is 32.1. The highest BCUT2D eigenvalue weighted by Gasteiger charge is 2.25. The number of H-pyrrole nitrogens is 1. The molecule has 14 heavy (non-hydrogen) atoms. The van der Waals surface area contributed by atoms with Crippen LogP contribution in [0.2, 0.25) is 0 Å². The van der Waals surface area contributed by atoms with Crippen LogP contribution >= 0.6 is 12.2 Å². The van der Waals surface area contributed by atoms with Gasteiger partial charge < -0.3 is 10.5 Å². The van der Waals surface area contributed by atoms with Crippen LogP contribution in [0.15, 0.2) is 0 Å². The maximum atomic E-state index is 5.71. The van der Waals surface area contributed by atoms with E-state index >= 15 is 0 Å². The zero-order valence-corrected chi connectivity index (χ0v) is 8.88. The van der Waals surface area contributed by atoms with Crippen molar-refractivity contribution in [3.05, 3.63) is 4.77 Å². The van der Waals surface area contributed by atoms with E-state index in [1.54, 1.807) is 0 Å². The summed E-state index contributed by atoms with van der Waals surface area (Å²) in [5, 5.41) is 6.55. The first kappa shape index (κ1) is 9.67. The Balaban J connectivity index is 2.25. The molecular weight excluding hydrogens is 200 g/mol. The van der Waals surface area contributed by atoms with Gasteiger partial charge in [-0.05, 0) is 32.0 Å². The number of nitrogens with two attached hydrogens (primary N) is 1. The summed E-state index contributed by atoms with van der Waals surface area (Å²) in [4.78, 5) is 0. The fourth-order valence-corrected chi connectivity index (χ4v) is 2.17. The fraction of sp³-hybridized carbons (Fsp3) is 0.750. The van der Waals surface area contributed by atoms with E-state index < -0.39 is 0 Å². The third kappa shape index (κ3) is 1.55. The highest BCUT2D eigenvalue weighted by molar-refractivity contribution is 7.71. The average molecular weight is 214 g/mol. The van der Waals surface area contributed by atoms with E-state index in [1.807, 2.05) is 4.57 Å². The summed E-state index contributed by atoms with van der Waals surface area (Å²) in [5.74, 6) is 0.429. The lowest BCUT2D eigenvalue weighted by molar-refractivity contribution is 0.0734. The molecule has 5 nitrogen and oxygen atoms in total. The molecule has 2 heterocycles. The van der Waals surface area contributed by atoms with Gasteiger partial charge in [0, 0.05) is 6.61 Å². The first-order chi connectivity index (χ1) is 6.70. The minimum absolute atomic E-state index is 0.156. The van der Waals surface area contributed by atoms with Crippen molar-refractivity contribution in [1.82, 2.24) is 14.8 Å². The van der Waals surface area contributed by atoms with Gasteiger partial charge in [0.1, 0.15) is 0 Å². The van der Waals surface area contributed by atoms with Gasteiger partial charge >= 0.3 is 0 Å². The summed E-state index contributed by atoms with van der Waals surface area (Å²) >= 11 is 5.09. The van der Waals surface area contributed by atoms with Crippen molar-refractivity contribution in [2.24, 2.45) is 0 Å². The quantitative estimate of drug-likeness (QED) is 0.727. The molecule has 1 aromatic heterocycles. The molecule has 3 N–H and O–H groups in total. The molecular formula is C8H14N4OS. The molecule has 2 atom stereocenters. The summed E-state index contributed by atoms with van der Waals surface area (Å²) in [6.45, 7) is 2.89. The molecule has 1 fully saturated rings. The number of nitrogens with one attached hydrogen (secondary N) is 1. The fourth-order valence-electron chi connectivity index (χ4n) is 1.86. The molecule has 2 unspecified atom stereocenters. The van der Waals surface area contributed by atoms with Gasteiger partial charge in [0.15, 0.2) is 4.77 Å². The van der Waals surface area contributed by atoms with Crippen molar-refractivity contribution in [2.75, 3.05) is 12.3 Å². The number of nitrogen functional groups attached to an aromatic ring is 1. The van der Waals surface area contributed by atoms with Crippen molar-refractivity contribution in [3.63, 3.8) is 0 Å². The van der Waals surface area contributed by atoms with Gasteiger partial charge in [-0.1, -0.05) is 0 Å². The van der Waals surface area contributed by atoms with Crippen molar-refractivity contribution in [3.8, 4) is 0 Å². The molecule has 2 rings (SSSR count). The van der Waals surface area contributed by atoms with E-state index in [1.165, 1.54) is 0 Å². The Kier molecular flexibility index (Phi) is 2.56. The van der Waals surface area contributed by atoms with Crippen LogP contribution in [-0.4, -0.2) is 27.5 Å². The van der Waals surface area contributed by atoms with Gasteiger partial charge in [-0.3, -0.25) is 4.57 Å². The van der Waals surface area contributed by atoms with E-state index in [0.29, 0.717) is 10.7 Å². The van der Waals surface area contributed by atoms with Crippen molar-refractivity contribution < 1.29 is 4.74 Å². The lowest BCUT2D eigenvalue weighted by Gasteiger charge is -2.20. The Bertz CT molecular complexity index is 366. The van der Waals surface area contributed by atoms with Crippen LogP contribution in [0, 0.1) is 4.77 Å². The molecule has 0 aromatic carbocycles. The number of hydrogen-bond acceptors (Lipinski definition) is 4. The predicted molar refractivity (Wildman–Crippen MR) is 55.5 cm³/mol. The number of ether oxygens (including phenoxy) is 1. The van der Waals surface area contributed by atoms with Crippen LogP contribution in [-0.2, 0) is 4.74 Å². The lowest BCUT2D eigenvalue weighted by atomic mass is 10.1. The Morgan fingerprint density at radius 1 is 1.79 bits per heavy atom. The second-order valence-electron chi connectivity index (χ2n) is 3.55. The van der Waals surface area contributed by atoms with Crippen molar-refractivity contribution in [1.29, 1.82) is 0 Å². The van der Waals surface area contributed by atoms with Crippen LogP contribution in [0.3, 0.4) is 0 Å². The third-order valence-electron chi connectivity index (χ3n) is 2.64. The molecule has 1 aliphatic heterocycles. The molecule has 1 aliphatic rings. The van der Waals surface area contributed by atoms with Gasteiger partial charge in [0.2, 0.25) is 5.95 Å². The van der Waals surface area contributed by atoms with Crippen molar-refractivity contribution in [2.45, 2.75) is 31.9 Å². The summed E-state index contributed by atoms with van der Waals surface area (Å²) in [6.07, 6.45) is 2.38. The number of aromatic amines is 1. The van der Waals surface area contributed by atoms with Gasteiger partial charge in [0.25, 0.3) is 0 Å². The number of nitrogens with zero attached hydrogens (tertiary/aromatic N) is 2. The van der Waals surface area contributed by atoms with Crippen LogP contribution in [0.25, 0.3) is 0 Å². The lowest BCUT2D eigenvalue weighted by Crippen LogP contribution is -2.22. The zero-order chi connectivity index (χ0) is 10.1. The summed E-state index contributed by atoms with van der Waals surface area (Å²) in [6, 6.07) is 0.156. The molecule has 0 amide bonds. The minimum Gasteiger partial charge on any atom is -0.376 e. The molecule has 1 aromatic rings. The Morgan fingerprint density at radius 2 is 2.57 bits per heavy atom. The van der Waals surface area contributed by atoms with Gasteiger partial charge in [-0.25, -0.2) is 5.10 Å². The molecule has 78 valence electrons. The highest BCUT2D eigenvalue weighted by Crippen LogP contribution is 2.25. The van der Waals surface area contributed by atoms with Crippen LogP contribution < -0.4 is 5.73 Å². The molecule has 0 aliphatic carbocycles. The largest absolute Gasteiger partial charge is 0.376 e. The van der Waals surface area contributed by atoms with Crippen LogP contribution in [0.5, 0.6) is 0 Å². The van der Waals surface area contributed by atoms with Crippen LogP contribution in [0.4, 0.5) is 5.95 Å². The SMILES string of the molecule is CC(C1CCCO1)n1c(N)n[nH]c1=S. The first-order valence-corrected chi connectivity index (χ1v) is 5.15. The Morgan fingerprint density at radius 3 is 3.07 bits per heavy atom. The number of rotatable bonds is 2. The van der Waals surface area contributed by atoms with Gasteiger partial charge in [-0.2, -0.15) is 0 Å². The molecule has 1 saturated heterocycles. The minimum atomic E-state index is 0.156. The topological polar surface area (TPSA) is 68.9 Å². The summed E-state index contributed by atoms with van der Waals surface area (Å²) in [7, 11) is 0. The first-order valence-electron chi connectivity index (χ1n) is 4.74. The van der Waals surface area contributed by atoms with E-state index in [2.05, 4.69) is 17.1 Å². The smallest absolute Gasteiger partial charge is 0.220 e. The van der Waals surface area contributed by atoms with Crippen molar-refractivity contribution >= 4 is 18.2 Å². The molecule has 0 bridgehead atoms. The predicted octanol–water partition coefficient (Wildman–Crippen LogP) is 1.26. The third-order valence-corrected chi connectivity index (χ3v) is 2.93. The second kappa shape index (κ2) is 3.70. The molecule has 0 saturated carbocycles. The number of aromatic nitrogens is 3. The molecule has 0 spiro atoms. The van der Waals surface area contributed by atoms with E-state index in [9.17, 15) is 0 Å². The van der Waals surface area contributed by atoms with Crippen LogP contribution in [0.1, 0.15) is 25.8 Å². The second-order valence-corrected chi connectivity index (χ2v) is 3.94.